The second-order valence-electron chi connectivity index (χ2n) is 4.67. The molecular weight excluding hydrogens is 253 g/mol. The number of carboxylic acid groups (broad SMARTS) is 1. The summed E-state index contributed by atoms with van der Waals surface area (Å²) in [6.45, 7) is 1.52. The summed E-state index contributed by atoms with van der Waals surface area (Å²) in [5, 5.41) is 18.5. The highest BCUT2D eigenvalue weighted by molar-refractivity contribution is 5.97. The molecule has 0 radical (unpaired) electrons. The van der Waals surface area contributed by atoms with Crippen LogP contribution in [0.4, 0.5) is 4.39 Å². The number of hydrogen-bond donors (Lipinski definition) is 2. The third-order valence-corrected chi connectivity index (χ3v) is 3.24. The van der Waals surface area contributed by atoms with Crippen molar-refractivity contribution in [3.8, 4) is 0 Å². The molecule has 0 unspecified atom stereocenters. The summed E-state index contributed by atoms with van der Waals surface area (Å²) in [5.74, 6) is -2.27. The quantitative estimate of drug-likeness (QED) is 0.830. The van der Waals surface area contributed by atoms with E-state index >= 15 is 0 Å². The van der Waals surface area contributed by atoms with Crippen LogP contribution in [0, 0.1) is 12.7 Å². The molecule has 2 rings (SSSR count). The third kappa shape index (κ3) is 2.58. The number of nitrogens with zero attached hydrogens (tertiary/aromatic N) is 1. The topological polar surface area (TPSA) is 77.8 Å². The minimum Gasteiger partial charge on any atom is -0.480 e. The number of likely N-dealkylation sites (tertiary alicyclic amines) is 1. The van der Waals surface area contributed by atoms with Gasteiger partial charge in [0.1, 0.15) is 11.9 Å². The maximum Gasteiger partial charge on any atom is 0.326 e. The van der Waals surface area contributed by atoms with Crippen molar-refractivity contribution in [2.45, 2.75) is 25.5 Å². The molecule has 102 valence electrons. The van der Waals surface area contributed by atoms with Crippen LogP contribution >= 0.6 is 0 Å². The molecular formula is C13H14FNO4. The number of rotatable bonds is 2. The van der Waals surface area contributed by atoms with Crippen LogP contribution in [0.15, 0.2) is 18.2 Å². The number of aliphatic hydroxyl groups is 1. The van der Waals surface area contributed by atoms with Crippen molar-refractivity contribution in [1.29, 1.82) is 0 Å². The van der Waals surface area contributed by atoms with E-state index in [-0.39, 0.29) is 18.5 Å². The van der Waals surface area contributed by atoms with Crippen molar-refractivity contribution >= 4 is 11.9 Å². The zero-order valence-electron chi connectivity index (χ0n) is 10.3. The fourth-order valence-corrected chi connectivity index (χ4v) is 2.16. The number of benzene rings is 1. The van der Waals surface area contributed by atoms with Gasteiger partial charge in [0.25, 0.3) is 5.91 Å². The van der Waals surface area contributed by atoms with Crippen LogP contribution in [0.5, 0.6) is 0 Å². The highest BCUT2D eigenvalue weighted by Crippen LogP contribution is 2.21. The molecule has 2 atom stereocenters. The summed E-state index contributed by atoms with van der Waals surface area (Å²) in [6.07, 6.45) is -0.865. The molecule has 1 fully saturated rings. The van der Waals surface area contributed by atoms with Crippen LogP contribution in [-0.2, 0) is 4.79 Å². The lowest BCUT2D eigenvalue weighted by atomic mass is 10.1. The van der Waals surface area contributed by atoms with Gasteiger partial charge in [-0.2, -0.15) is 0 Å². The SMILES string of the molecule is Cc1ccc(C(=O)N2C[C@@H](O)C[C@H]2C(=O)O)cc1F. The van der Waals surface area contributed by atoms with Gasteiger partial charge in [-0.3, -0.25) is 4.79 Å². The highest BCUT2D eigenvalue weighted by Gasteiger charge is 2.39. The van der Waals surface area contributed by atoms with E-state index in [0.29, 0.717) is 5.56 Å². The van der Waals surface area contributed by atoms with Crippen molar-refractivity contribution in [1.82, 2.24) is 4.90 Å². The molecule has 1 saturated heterocycles. The van der Waals surface area contributed by atoms with Gasteiger partial charge < -0.3 is 15.1 Å². The van der Waals surface area contributed by atoms with E-state index in [0.717, 1.165) is 11.0 Å². The number of β-amino-alcohol motifs (C(OH)–C–C–N with tert-alkyl or cyclic N) is 1. The molecule has 19 heavy (non-hydrogen) atoms. The summed E-state index contributed by atoms with van der Waals surface area (Å²) in [7, 11) is 0. The van der Waals surface area contributed by atoms with E-state index < -0.39 is 29.8 Å². The second kappa shape index (κ2) is 4.97. The molecule has 0 spiro atoms. The van der Waals surface area contributed by atoms with E-state index in [1.807, 2.05) is 0 Å². The van der Waals surface area contributed by atoms with Crippen LogP contribution in [0.1, 0.15) is 22.3 Å². The Morgan fingerprint density at radius 3 is 2.68 bits per heavy atom. The first-order valence-corrected chi connectivity index (χ1v) is 5.88. The van der Waals surface area contributed by atoms with Crippen LogP contribution in [0.2, 0.25) is 0 Å². The van der Waals surface area contributed by atoms with Crippen LogP contribution in [0.3, 0.4) is 0 Å². The maximum atomic E-state index is 13.4. The number of aliphatic hydroxyl groups excluding tert-OH is 1. The Balaban J connectivity index is 2.27. The second-order valence-corrected chi connectivity index (χ2v) is 4.67. The molecule has 1 amide bonds. The third-order valence-electron chi connectivity index (χ3n) is 3.24. The highest BCUT2D eigenvalue weighted by atomic mass is 19.1. The summed E-state index contributed by atoms with van der Waals surface area (Å²) < 4.78 is 13.4. The predicted molar refractivity (Wildman–Crippen MR) is 64.2 cm³/mol. The lowest BCUT2D eigenvalue weighted by Crippen LogP contribution is -2.40. The first-order chi connectivity index (χ1) is 8.90. The van der Waals surface area contributed by atoms with Crippen molar-refractivity contribution < 1.29 is 24.2 Å². The molecule has 0 aliphatic carbocycles. The molecule has 1 aliphatic rings. The average molecular weight is 267 g/mol. The van der Waals surface area contributed by atoms with E-state index in [4.69, 9.17) is 5.11 Å². The van der Waals surface area contributed by atoms with Crippen LogP contribution in [0.25, 0.3) is 0 Å². The Bertz CT molecular complexity index is 531. The molecule has 1 heterocycles. The Kier molecular flexibility index (Phi) is 3.53. The largest absolute Gasteiger partial charge is 0.480 e. The standard InChI is InChI=1S/C13H14FNO4/c1-7-2-3-8(4-10(7)14)12(17)15-6-9(16)5-11(15)13(18)19/h2-4,9,11,16H,5-6H2,1H3,(H,18,19)/t9-,11-/m0/s1. The first kappa shape index (κ1) is 13.5. The number of amides is 1. The fourth-order valence-electron chi connectivity index (χ4n) is 2.16. The fraction of sp³-hybridized carbons (Fsp3) is 0.385. The Morgan fingerprint density at radius 1 is 1.42 bits per heavy atom. The van der Waals surface area contributed by atoms with E-state index in [2.05, 4.69) is 0 Å². The summed E-state index contributed by atoms with van der Waals surface area (Å²) in [5.41, 5.74) is 0.497. The maximum absolute atomic E-state index is 13.4. The van der Waals surface area contributed by atoms with Gasteiger partial charge in [0.05, 0.1) is 6.10 Å². The number of hydrogen-bond acceptors (Lipinski definition) is 3. The van der Waals surface area contributed by atoms with Gasteiger partial charge in [-0.15, -0.1) is 0 Å². The van der Waals surface area contributed by atoms with Gasteiger partial charge in [-0.05, 0) is 24.6 Å². The number of carbonyl (C=O) groups excluding carboxylic acids is 1. The lowest BCUT2D eigenvalue weighted by Gasteiger charge is -2.21. The molecule has 0 bridgehead atoms. The van der Waals surface area contributed by atoms with Crippen LogP contribution in [-0.4, -0.2) is 45.7 Å². The molecule has 1 aromatic rings. The molecule has 0 aromatic heterocycles. The Labute approximate surface area is 109 Å². The smallest absolute Gasteiger partial charge is 0.326 e. The van der Waals surface area contributed by atoms with Gasteiger partial charge in [0.2, 0.25) is 0 Å². The van der Waals surface area contributed by atoms with Crippen molar-refractivity contribution in [3.05, 3.63) is 35.1 Å². The number of carbonyl (C=O) groups is 2. The molecule has 2 N–H and O–H groups in total. The van der Waals surface area contributed by atoms with E-state index in [1.165, 1.54) is 12.1 Å². The van der Waals surface area contributed by atoms with Gasteiger partial charge in [-0.1, -0.05) is 6.07 Å². The van der Waals surface area contributed by atoms with Gasteiger partial charge >= 0.3 is 5.97 Å². The minimum absolute atomic E-state index is 0.00455. The number of halogens is 1. The minimum atomic E-state index is -1.17. The van der Waals surface area contributed by atoms with Gasteiger partial charge in [0.15, 0.2) is 0 Å². The monoisotopic (exact) mass is 267 g/mol. The number of aryl methyl sites for hydroxylation is 1. The van der Waals surface area contributed by atoms with E-state index in [1.54, 1.807) is 6.92 Å². The van der Waals surface area contributed by atoms with E-state index in [9.17, 15) is 19.1 Å². The molecule has 0 saturated carbocycles. The normalized spacial score (nSPS) is 22.6. The van der Waals surface area contributed by atoms with Crippen molar-refractivity contribution in [2.24, 2.45) is 0 Å². The predicted octanol–water partition coefficient (Wildman–Crippen LogP) is 0.794. The Morgan fingerprint density at radius 2 is 2.11 bits per heavy atom. The molecule has 5 nitrogen and oxygen atoms in total. The van der Waals surface area contributed by atoms with Crippen molar-refractivity contribution in [2.75, 3.05) is 6.54 Å². The molecule has 1 aliphatic heterocycles. The molecule has 1 aromatic carbocycles. The number of carboxylic acids is 1. The van der Waals surface area contributed by atoms with Gasteiger partial charge in [0, 0.05) is 18.5 Å². The zero-order chi connectivity index (χ0) is 14.2. The summed E-state index contributed by atoms with van der Waals surface area (Å²) >= 11 is 0. The van der Waals surface area contributed by atoms with Crippen LogP contribution < -0.4 is 0 Å². The lowest BCUT2D eigenvalue weighted by molar-refractivity contribution is -0.141. The summed E-state index contributed by atoms with van der Waals surface area (Å²) in [6, 6.07) is 2.93. The summed E-state index contributed by atoms with van der Waals surface area (Å²) in [4.78, 5) is 24.3. The average Bonchev–Trinajstić information content (AvgIpc) is 2.74. The Hall–Kier alpha value is -1.95. The molecule has 6 heteroatoms. The first-order valence-electron chi connectivity index (χ1n) is 5.88. The van der Waals surface area contributed by atoms with Crippen molar-refractivity contribution in [3.63, 3.8) is 0 Å². The zero-order valence-corrected chi connectivity index (χ0v) is 10.3. The number of aliphatic carboxylic acids is 1. The van der Waals surface area contributed by atoms with Gasteiger partial charge in [-0.25, -0.2) is 9.18 Å².